The minimum Gasteiger partial charge on any atom is -0.293 e. The number of fused-ring (bicyclic) bond motifs is 1. The number of nitrogens with zero attached hydrogens (tertiary/aromatic N) is 2. The van der Waals surface area contributed by atoms with Gasteiger partial charge in [0, 0.05) is 16.6 Å². The van der Waals surface area contributed by atoms with Crippen LogP contribution in [0.3, 0.4) is 0 Å². The third-order valence-corrected chi connectivity index (χ3v) is 5.54. The number of benzene rings is 2. The van der Waals surface area contributed by atoms with Gasteiger partial charge < -0.3 is 0 Å². The van der Waals surface area contributed by atoms with Crippen molar-refractivity contribution in [3.05, 3.63) is 68.9 Å². The molecular weight excluding hydrogens is 400 g/mol. The maximum Gasteiger partial charge on any atom is 0.262 e. The van der Waals surface area contributed by atoms with Crippen molar-refractivity contribution in [2.75, 3.05) is 0 Å². The van der Waals surface area contributed by atoms with E-state index in [0.717, 1.165) is 4.47 Å². The number of rotatable bonds is 5. The van der Waals surface area contributed by atoms with Gasteiger partial charge in [-0.2, -0.15) is 0 Å². The number of hydrogen-bond donors (Lipinski definition) is 0. The predicted octanol–water partition coefficient (Wildman–Crippen LogP) is 4.54. The van der Waals surface area contributed by atoms with Crippen LogP contribution in [0.15, 0.2) is 63.0 Å². The Labute approximate surface area is 158 Å². The molecule has 6 heteroatoms. The van der Waals surface area contributed by atoms with E-state index in [2.05, 4.69) is 20.9 Å². The molecule has 2 aromatic carbocycles. The summed E-state index contributed by atoms with van der Waals surface area (Å²) >= 11 is 4.69. The Morgan fingerprint density at radius 3 is 2.56 bits per heavy atom. The summed E-state index contributed by atoms with van der Waals surface area (Å²) < 4.78 is 2.55. The largest absolute Gasteiger partial charge is 0.293 e. The predicted molar refractivity (Wildman–Crippen MR) is 105 cm³/mol. The maximum absolute atomic E-state index is 12.7. The molecule has 0 saturated carbocycles. The minimum atomic E-state index is -0.341. The lowest BCUT2D eigenvalue weighted by molar-refractivity contribution is 0.0994. The van der Waals surface area contributed by atoms with Crippen molar-refractivity contribution in [3.8, 4) is 0 Å². The van der Waals surface area contributed by atoms with Crippen LogP contribution >= 0.6 is 27.7 Å². The summed E-state index contributed by atoms with van der Waals surface area (Å²) in [6.07, 6.45) is 0. The minimum absolute atomic E-state index is 0.0163. The van der Waals surface area contributed by atoms with Crippen molar-refractivity contribution in [1.29, 1.82) is 0 Å². The number of para-hydroxylation sites is 1. The van der Waals surface area contributed by atoms with Crippen molar-refractivity contribution >= 4 is 44.4 Å². The first-order valence-corrected chi connectivity index (χ1v) is 9.64. The SMILES string of the molecule is CCn1c(SC(C)C(=O)c2ccc(Br)cc2)nc2ccccc2c1=O. The van der Waals surface area contributed by atoms with Crippen LogP contribution < -0.4 is 5.56 Å². The van der Waals surface area contributed by atoms with Crippen LogP contribution in [0.25, 0.3) is 10.9 Å². The quantitative estimate of drug-likeness (QED) is 0.348. The van der Waals surface area contributed by atoms with Gasteiger partial charge in [0.1, 0.15) is 0 Å². The lowest BCUT2D eigenvalue weighted by Gasteiger charge is -2.14. The molecule has 0 saturated heterocycles. The second kappa shape index (κ2) is 7.54. The van der Waals surface area contributed by atoms with Crippen molar-refractivity contribution in [1.82, 2.24) is 9.55 Å². The van der Waals surface area contributed by atoms with Crippen LogP contribution in [0.2, 0.25) is 0 Å². The first-order chi connectivity index (χ1) is 12.0. The molecule has 3 rings (SSSR count). The molecule has 1 heterocycles. The van der Waals surface area contributed by atoms with E-state index in [4.69, 9.17) is 0 Å². The van der Waals surface area contributed by atoms with Gasteiger partial charge in [-0.25, -0.2) is 4.98 Å². The molecule has 0 aliphatic rings. The molecule has 0 radical (unpaired) electrons. The van der Waals surface area contributed by atoms with Gasteiger partial charge >= 0.3 is 0 Å². The van der Waals surface area contributed by atoms with Crippen LogP contribution in [0.1, 0.15) is 24.2 Å². The van der Waals surface area contributed by atoms with Gasteiger partial charge in [-0.15, -0.1) is 0 Å². The maximum atomic E-state index is 12.7. The van der Waals surface area contributed by atoms with E-state index < -0.39 is 0 Å². The summed E-state index contributed by atoms with van der Waals surface area (Å²) in [6, 6.07) is 14.6. The topological polar surface area (TPSA) is 52.0 Å². The summed E-state index contributed by atoms with van der Waals surface area (Å²) in [5.41, 5.74) is 1.23. The Kier molecular flexibility index (Phi) is 5.39. The summed E-state index contributed by atoms with van der Waals surface area (Å²) in [6.45, 7) is 4.26. The number of ketones is 1. The molecule has 0 amide bonds. The average molecular weight is 417 g/mol. The Morgan fingerprint density at radius 1 is 1.20 bits per heavy atom. The fraction of sp³-hybridized carbons (Fsp3) is 0.211. The second-order valence-electron chi connectivity index (χ2n) is 5.59. The molecule has 128 valence electrons. The van der Waals surface area contributed by atoms with Gasteiger partial charge in [0.2, 0.25) is 0 Å². The zero-order valence-corrected chi connectivity index (χ0v) is 16.3. The third-order valence-electron chi connectivity index (χ3n) is 3.92. The van der Waals surface area contributed by atoms with Gasteiger partial charge in [0.25, 0.3) is 5.56 Å². The van der Waals surface area contributed by atoms with E-state index in [-0.39, 0.29) is 16.6 Å². The lowest BCUT2D eigenvalue weighted by atomic mass is 10.1. The molecule has 3 aromatic rings. The Bertz CT molecular complexity index is 983. The molecule has 0 bridgehead atoms. The van der Waals surface area contributed by atoms with Crippen LogP contribution in [0.4, 0.5) is 0 Å². The number of thioether (sulfide) groups is 1. The molecule has 25 heavy (non-hydrogen) atoms. The number of aromatic nitrogens is 2. The van der Waals surface area contributed by atoms with Gasteiger partial charge in [0.05, 0.1) is 16.2 Å². The first kappa shape index (κ1) is 17.9. The highest BCUT2D eigenvalue weighted by Gasteiger charge is 2.20. The highest BCUT2D eigenvalue weighted by Crippen LogP contribution is 2.25. The molecule has 0 fully saturated rings. The van der Waals surface area contributed by atoms with E-state index in [0.29, 0.717) is 28.2 Å². The van der Waals surface area contributed by atoms with E-state index in [1.54, 1.807) is 22.8 Å². The van der Waals surface area contributed by atoms with Gasteiger partial charge in [-0.05, 0) is 38.1 Å². The van der Waals surface area contributed by atoms with E-state index >= 15 is 0 Å². The number of halogens is 1. The van der Waals surface area contributed by atoms with Crippen molar-refractivity contribution in [2.45, 2.75) is 30.8 Å². The Hall–Kier alpha value is -1.92. The van der Waals surface area contributed by atoms with Crippen molar-refractivity contribution < 1.29 is 4.79 Å². The molecule has 1 atom stereocenters. The summed E-state index contributed by atoms with van der Waals surface area (Å²) in [7, 11) is 0. The normalized spacial score (nSPS) is 12.3. The fourth-order valence-corrected chi connectivity index (χ4v) is 3.89. The summed E-state index contributed by atoms with van der Waals surface area (Å²) in [4.78, 5) is 29.9. The zero-order chi connectivity index (χ0) is 18.0. The van der Waals surface area contributed by atoms with Crippen molar-refractivity contribution in [3.63, 3.8) is 0 Å². The van der Waals surface area contributed by atoms with Gasteiger partial charge in [-0.3, -0.25) is 14.2 Å². The smallest absolute Gasteiger partial charge is 0.262 e. The van der Waals surface area contributed by atoms with E-state index in [1.165, 1.54) is 11.8 Å². The standard InChI is InChI=1S/C19H17BrN2O2S/c1-3-22-18(24)15-6-4-5-7-16(15)21-19(22)25-12(2)17(23)13-8-10-14(20)11-9-13/h4-12H,3H2,1-2H3. The number of hydrogen-bond acceptors (Lipinski definition) is 4. The number of carbonyl (C=O) groups excluding carboxylic acids is 1. The Balaban J connectivity index is 1.95. The Morgan fingerprint density at radius 2 is 1.88 bits per heavy atom. The molecule has 4 nitrogen and oxygen atoms in total. The highest BCUT2D eigenvalue weighted by atomic mass is 79.9. The molecule has 0 aliphatic carbocycles. The monoisotopic (exact) mass is 416 g/mol. The number of Topliss-reactive ketones (excluding diaryl/α,β-unsaturated/α-hetero) is 1. The van der Waals surface area contributed by atoms with E-state index in [1.807, 2.05) is 44.2 Å². The van der Waals surface area contributed by atoms with Crippen LogP contribution in [0, 0.1) is 0 Å². The molecule has 1 aromatic heterocycles. The summed E-state index contributed by atoms with van der Waals surface area (Å²) in [5, 5.41) is 0.830. The lowest BCUT2D eigenvalue weighted by Crippen LogP contribution is -2.24. The molecule has 0 N–H and O–H groups in total. The van der Waals surface area contributed by atoms with Crippen molar-refractivity contribution in [2.24, 2.45) is 0 Å². The van der Waals surface area contributed by atoms with E-state index in [9.17, 15) is 9.59 Å². The van der Waals surface area contributed by atoms with Gasteiger partial charge in [0.15, 0.2) is 10.9 Å². The molecule has 0 aliphatic heterocycles. The second-order valence-corrected chi connectivity index (χ2v) is 7.82. The zero-order valence-electron chi connectivity index (χ0n) is 13.9. The van der Waals surface area contributed by atoms with Crippen LogP contribution in [-0.2, 0) is 6.54 Å². The van der Waals surface area contributed by atoms with Crippen LogP contribution in [0.5, 0.6) is 0 Å². The fourth-order valence-electron chi connectivity index (χ4n) is 2.58. The number of carbonyl (C=O) groups is 1. The first-order valence-electron chi connectivity index (χ1n) is 7.97. The highest BCUT2D eigenvalue weighted by molar-refractivity contribution is 9.10. The molecular formula is C19H17BrN2O2S. The summed E-state index contributed by atoms with van der Waals surface area (Å²) in [5.74, 6) is 0.0163. The third kappa shape index (κ3) is 3.70. The molecule has 1 unspecified atom stereocenters. The molecule has 0 spiro atoms. The van der Waals surface area contributed by atoms with Gasteiger partial charge in [-0.1, -0.05) is 52.0 Å². The average Bonchev–Trinajstić information content (AvgIpc) is 2.62. The van der Waals surface area contributed by atoms with Crippen LogP contribution in [-0.4, -0.2) is 20.6 Å².